The molecule has 0 saturated carbocycles. The summed E-state index contributed by atoms with van der Waals surface area (Å²) in [6, 6.07) is 8.47. The number of nitrogens with one attached hydrogen (secondary N) is 2. The third kappa shape index (κ3) is 8.68. The summed E-state index contributed by atoms with van der Waals surface area (Å²) in [5, 5.41) is 11.5. The molecule has 0 aliphatic carbocycles. The molecule has 0 fully saturated rings. The van der Waals surface area contributed by atoms with Crippen molar-refractivity contribution in [2.75, 3.05) is 0 Å². The van der Waals surface area contributed by atoms with E-state index < -0.39 is 29.7 Å². The summed E-state index contributed by atoms with van der Waals surface area (Å²) in [7, 11) is 0. The van der Waals surface area contributed by atoms with Crippen molar-refractivity contribution in [3.8, 4) is 0 Å². The molecular formula is C20H30N2O5. The van der Waals surface area contributed by atoms with Crippen molar-refractivity contribution in [1.82, 2.24) is 10.8 Å². The van der Waals surface area contributed by atoms with Gasteiger partial charge in [-0.25, -0.2) is 10.3 Å². The summed E-state index contributed by atoms with van der Waals surface area (Å²) in [6.45, 7) is 7.36. The second-order valence-corrected chi connectivity index (χ2v) is 7.30. The van der Waals surface area contributed by atoms with Crippen LogP contribution in [0.2, 0.25) is 0 Å². The highest BCUT2D eigenvalue weighted by Gasteiger charge is 2.29. The molecule has 0 radical (unpaired) electrons. The Labute approximate surface area is 160 Å². The predicted octanol–water partition coefficient (Wildman–Crippen LogP) is 2.22. The molecule has 27 heavy (non-hydrogen) atoms. The van der Waals surface area contributed by atoms with Crippen LogP contribution in [0.25, 0.3) is 0 Å². The molecule has 0 unspecified atom stereocenters. The summed E-state index contributed by atoms with van der Waals surface area (Å²) < 4.78 is 5.28. The van der Waals surface area contributed by atoms with Crippen LogP contribution in [0.15, 0.2) is 30.3 Å². The topological polar surface area (TPSA) is 105 Å². The number of ether oxygens (including phenoxy) is 1. The minimum atomic E-state index is -0.853. The highest BCUT2D eigenvalue weighted by atomic mass is 16.5. The van der Waals surface area contributed by atoms with Crippen molar-refractivity contribution in [2.24, 2.45) is 11.8 Å². The molecule has 2 atom stereocenters. The highest BCUT2D eigenvalue weighted by Crippen LogP contribution is 2.17. The molecule has 1 aromatic carbocycles. The Morgan fingerprint density at radius 2 is 1.70 bits per heavy atom. The van der Waals surface area contributed by atoms with Crippen LogP contribution < -0.4 is 10.8 Å². The van der Waals surface area contributed by atoms with E-state index in [1.807, 2.05) is 44.2 Å². The molecule has 1 aromatic rings. The second-order valence-electron chi connectivity index (χ2n) is 7.30. The first-order chi connectivity index (χ1) is 12.7. The van der Waals surface area contributed by atoms with E-state index in [0.717, 1.165) is 5.56 Å². The van der Waals surface area contributed by atoms with E-state index in [0.29, 0.717) is 12.8 Å². The minimum absolute atomic E-state index is 0.155. The molecule has 150 valence electrons. The zero-order valence-electron chi connectivity index (χ0n) is 16.4. The third-order valence-corrected chi connectivity index (χ3v) is 3.92. The number of carbonyl (C=O) groups excluding carboxylic acids is 3. The van der Waals surface area contributed by atoms with Crippen molar-refractivity contribution in [3.63, 3.8) is 0 Å². The Kier molecular flexibility index (Phi) is 9.50. The summed E-state index contributed by atoms with van der Waals surface area (Å²) in [5.41, 5.74) is 2.44. The van der Waals surface area contributed by atoms with E-state index >= 15 is 0 Å². The molecule has 0 aliphatic heterocycles. The van der Waals surface area contributed by atoms with Gasteiger partial charge in [0.1, 0.15) is 6.04 Å². The van der Waals surface area contributed by atoms with Gasteiger partial charge in [0.05, 0.1) is 6.10 Å². The molecule has 7 nitrogen and oxygen atoms in total. The van der Waals surface area contributed by atoms with Crippen molar-refractivity contribution in [1.29, 1.82) is 0 Å². The first-order valence-electron chi connectivity index (χ1n) is 9.20. The molecule has 0 bridgehead atoms. The van der Waals surface area contributed by atoms with E-state index in [1.54, 1.807) is 19.3 Å². The van der Waals surface area contributed by atoms with Crippen LogP contribution in [0.1, 0.15) is 46.1 Å². The van der Waals surface area contributed by atoms with Crippen LogP contribution in [0.5, 0.6) is 0 Å². The van der Waals surface area contributed by atoms with Gasteiger partial charge < -0.3 is 10.1 Å². The van der Waals surface area contributed by atoms with E-state index in [4.69, 9.17) is 9.94 Å². The minimum Gasteiger partial charge on any atom is -0.461 e. The standard InChI is InChI=1S/C20H30N2O5/c1-13(2)10-16(12-18(23)22-26)19(24)21-17(20(25)27-14(3)4)11-15-8-6-5-7-9-15/h5-9,13-14,16-17,26H,10-12H2,1-4H3,(H,21,24)(H,22,23)/t16-,17+/m1/s1. The van der Waals surface area contributed by atoms with Gasteiger partial charge >= 0.3 is 5.97 Å². The van der Waals surface area contributed by atoms with Gasteiger partial charge in [-0.1, -0.05) is 44.2 Å². The molecule has 0 saturated heterocycles. The second kappa shape index (κ2) is 11.3. The fourth-order valence-electron chi connectivity index (χ4n) is 2.77. The van der Waals surface area contributed by atoms with Crippen molar-refractivity contribution >= 4 is 17.8 Å². The Balaban J connectivity index is 2.93. The lowest BCUT2D eigenvalue weighted by Gasteiger charge is -2.23. The van der Waals surface area contributed by atoms with Gasteiger partial charge in [0.15, 0.2) is 0 Å². The van der Waals surface area contributed by atoms with E-state index in [1.165, 1.54) is 0 Å². The largest absolute Gasteiger partial charge is 0.461 e. The number of hydrogen-bond donors (Lipinski definition) is 3. The fourth-order valence-corrected chi connectivity index (χ4v) is 2.77. The SMILES string of the molecule is CC(C)C[C@H](CC(=O)NO)C(=O)N[C@@H](Cc1ccccc1)C(=O)OC(C)C. The average molecular weight is 378 g/mol. The zero-order valence-corrected chi connectivity index (χ0v) is 16.4. The van der Waals surface area contributed by atoms with Crippen LogP contribution in [0, 0.1) is 11.8 Å². The first kappa shape index (κ1) is 22.6. The number of benzene rings is 1. The van der Waals surface area contributed by atoms with Crippen molar-refractivity contribution in [3.05, 3.63) is 35.9 Å². The molecule has 0 spiro atoms. The number of amides is 2. The summed E-state index contributed by atoms with van der Waals surface area (Å²) in [4.78, 5) is 36.7. The van der Waals surface area contributed by atoms with Gasteiger partial charge in [-0.15, -0.1) is 0 Å². The molecule has 7 heteroatoms. The lowest BCUT2D eigenvalue weighted by Crippen LogP contribution is -2.47. The van der Waals surface area contributed by atoms with E-state index in [2.05, 4.69) is 5.32 Å². The lowest BCUT2D eigenvalue weighted by molar-refractivity contribution is -0.152. The smallest absolute Gasteiger partial charge is 0.329 e. The molecule has 0 heterocycles. The van der Waals surface area contributed by atoms with Crippen LogP contribution in [0.3, 0.4) is 0 Å². The summed E-state index contributed by atoms with van der Waals surface area (Å²) in [5.74, 6) is -2.05. The van der Waals surface area contributed by atoms with Crippen molar-refractivity contribution in [2.45, 2.75) is 59.1 Å². The van der Waals surface area contributed by atoms with Crippen LogP contribution in [-0.4, -0.2) is 35.1 Å². The van der Waals surface area contributed by atoms with Crippen molar-refractivity contribution < 1.29 is 24.3 Å². The number of esters is 1. The Morgan fingerprint density at radius 1 is 1.07 bits per heavy atom. The highest BCUT2D eigenvalue weighted by molar-refractivity contribution is 5.89. The van der Waals surface area contributed by atoms with Gasteiger partial charge in [-0.2, -0.15) is 0 Å². The average Bonchev–Trinajstić information content (AvgIpc) is 2.60. The maximum absolute atomic E-state index is 12.7. The number of rotatable bonds is 10. The van der Waals surface area contributed by atoms with Gasteiger partial charge in [0.2, 0.25) is 11.8 Å². The van der Waals surface area contributed by atoms with Crippen LogP contribution in [0.4, 0.5) is 0 Å². The number of hydrogen-bond acceptors (Lipinski definition) is 5. The molecular weight excluding hydrogens is 348 g/mol. The van der Waals surface area contributed by atoms with Gasteiger partial charge in [0.25, 0.3) is 0 Å². The van der Waals surface area contributed by atoms with Crippen LogP contribution >= 0.6 is 0 Å². The quantitative estimate of drug-likeness (QED) is 0.329. The maximum atomic E-state index is 12.7. The van der Waals surface area contributed by atoms with E-state index in [-0.39, 0.29) is 18.4 Å². The third-order valence-electron chi connectivity index (χ3n) is 3.92. The van der Waals surface area contributed by atoms with Gasteiger partial charge in [0, 0.05) is 18.8 Å². The Bertz CT molecular complexity index is 616. The van der Waals surface area contributed by atoms with Crippen LogP contribution in [-0.2, 0) is 25.5 Å². The Hall–Kier alpha value is -2.41. The van der Waals surface area contributed by atoms with Gasteiger partial charge in [-0.3, -0.25) is 14.8 Å². The molecule has 1 rings (SSSR count). The summed E-state index contributed by atoms with van der Waals surface area (Å²) in [6.07, 6.45) is 0.284. The Morgan fingerprint density at radius 3 is 2.22 bits per heavy atom. The maximum Gasteiger partial charge on any atom is 0.329 e. The zero-order chi connectivity index (χ0) is 20.4. The molecule has 0 aliphatic rings. The molecule has 0 aromatic heterocycles. The monoisotopic (exact) mass is 378 g/mol. The lowest BCUT2D eigenvalue weighted by atomic mass is 9.92. The summed E-state index contributed by atoms with van der Waals surface area (Å²) >= 11 is 0. The number of hydroxylamine groups is 1. The first-order valence-corrected chi connectivity index (χ1v) is 9.20. The molecule has 2 amide bonds. The molecule has 3 N–H and O–H groups in total. The normalized spacial score (nSPS) is 13.1. The number of carbonyl (C=O) groups is 3. The van der Waals surface area contributed by atoms with E-state index in [9.17, 15) is 14.4 Å². The fraction of sp³-hybridized carbons (Fsp3) is 0.550. The predicted molar refractivity (Wildman–Crippen MR) is 101 cm³/mol. The van der Waals surface area contributed by atoms with Gasteiger partial charge in [-0.05, 0) is 31.7 Å².